The number of unbranched alkanes of at least 4 members (excludes halogenated alkanes) is 34. The summed E-state index contributed by atoms with van der Waals surface area (Å²) in [6.07, 6.45) is 59.6. The van der Waals surface area contributed by atoms with E-state index in [2.05, 4.69) is 79.9 Å². The highest BCUT2D eigenvalue weighted by molar-refractivity contribution is 5.76. The third kappa shape index (κ3) is 40.2. The predicted molar refractivity (Wildman–Crippen MR) is 350 cm³/mol. The number of aliphatic hydroxyl groups excluding tert-OH is 8. The summed E-state index contributed by atoms with van der Waals surface area (Å²) in [6.45, 7) is 2.78. The van der Waals surface area contributed by atoms with Gasteiger partial charge in [-0.1, -0.05) is 267 Å². The van der Waals surface area contributed by atoms with Gasteiger partial charge in [-0.15, -0.1) is 0 Å². The summed E-state index contributed by atoms with van der Waals surface area (Å²) < 4.78 is 22.8. The number of nitrogens with one attached hydrogen (secondary N) is 1. The summed E-state index contributed by atoms with van der Waals surface area (Å²) in [5.41, 5.74) is 0. The van der Waals surface area contributed by atoms with Gasteiger partial charge in [-0.25, -0.2) is 0 Å². The highest BCUT2D eigenvalue weighted by Gasteiger charge is 2.51. The van der Waals surface area contributed by atoms with Crippen LogP contribution in [0.25, 0.3) is 0 Å². The van der Waals surface area contributed by atoms with Gasteiger partial charge < -0.3 is 65.1 Å². The van der Waals surface area contributed by atoms with Crippen molar-refractivity contribution in [2.45, 2.75) is 357 Å². The van der Waals surface area contributed by atoms with E-state index < -0.39 is 86.8 Å². The van der Waals surface area contributed by atoms with Crippen molar-refractivity contribution < 1.29 is 64.6 Å². The molecule has 2 heterocycles. The van der Waals surface area contributed by atoms with Gasteiger partial charge in [0.1, 0.15) is 48.8 Å². The number of amides is 1. The van der Waals surface area contributed by atoms with E-state index in [-0.39, 0.29) is 18.9 Å². The number of carbonyl (C=O) groups excluding carboxylic acids is 1. The molecule has 0 aromatic rings. The van der Waals surface area contributed by atoms with E-state index in [0.29, 0.717) is 12.8 Å². The molecule has 0 aromatic heterocycles. The highest BCUT2D eigenvalue weighted by atomic mass is 16.7. The first-order valence-corrected chi connectivity index (χ1v) is 35.2. The molecule has 0 bridgehead atoms. The Morgan fingerprint density at radius 3 is 1.22 bits per heavy atom. The van der Waals surface area contributed by atoms with E-state index in [9.17, 15) is 45.6 Å². The Morgan fingerprint density at radius 1 is 0.419 bits per heavy atom. The van der Waals surface area contributed by atoms with Crippen LogP contribution in [0.2, 0.25) is 0 Å². The van der Waals surface area contributed by atoms with Gasteiger partial charge >= 0.3 is 0 Å². The van der Waals surface area contributed by atoms with Crippen molar-refractivity contribution in [3.8, 4) is 0 Å². The summed E-state index contributed by atoms with van der Waals surface area (Å²) in [6, 6.07) is -0.950. The second-order valence-electron chi connectivity index (χ2n) is 24.6. The number of allylic oxidation sites excluding steroid dienone is 11. The number of hydrogen-bond acceptors (Lipinski definition) is 13. The Labute approximate surface area is 523 Å². The molecular weight excluding hydrogens is 1090 g/mol. The van der Waals surface area contributed by atoms with Crippen molar-refractivity contribution in [2.24, 2.45) is 0 Å². The molecule has 0 radical (unpaired) electrons. The average Bonchev–Trinajstić information content (AvgIpc) is 2.54. The van der Waals surface area contributed by atoms with Gasteiger partial charge in [0.25, 0.3) is 0 Å². The molecule has 2 fully saturated rings. The fourth-order valence-corrected chi connectivity index (χ4v) is 11.2. The van der Waals surface area contributed by atoms with Crippen LogP contribution < -0.4 is 5.32 Å². The van der Waals surface area contributed by atoms with Gasteiger partial charge in [0.15, 0.2) is 12.6 Å². The van der Waals surface area contributed by atoms with Gasteiger partial charge in [-0.05, 0) is 83.5 Å². The molecule has 14 heteroatoms. The van der Waals surface area contributed by atoms with Crippen LogP contribution in [-0.2, 0) is 23.7 Å². The summed E-state index contributed by atoms with van der Waals surface area (Å²) >= 11 is 0. The Kier molecular flexibility index (Phi) is 52.2. The van der Waals surface area contributed by atoms with E-state index in [0.717, 1.165) is 77.0 Å². The van der Waals surface area contributed by atoms with Gasteiger partial charge in [0.05, 0.1) is 32.0 Å². The number of carbonyl (C=O) groups is 1. The number of hydrogen-bond donors (Lipinski definition) is 9. The molecule has 14 nitrogen and oxygen atoms in total. The first-order chi connectivity index (χ1) is 42.1. The minimum absolute atomic E-state index is 0.252. The molecule has 2 saturated heterocycles. The maximum absolute atomic E-state index is 13.3. The number of aliphatic hydroxyl groups is 8. The minimum Gasteiger partial charge on any atom is -0.394 e. The fraction of sp³-hybridized carbons (Fsp3) is 0.819. The Bertz CT molecular complexity index is 1720. The Morgan fingerprint density at radius 2 is 0.779 bits per heavy atom. The van der Waals surface area contributed by atoms with Crippen molar-refractivity contribution in [3.05, 3.63) is 72.9 Å². The van der Waals surface area contributed by atoms with Crippen LogP contribution >= 0.6 is 0 Å². The summed E-state index contributed by atoms with van der Waals surface area (Å²) in [5, 5.41) is 87.4. The fourth-order valence-electron chi connectivity index (χ4n) is 11.2. The van der Waals surface area contributed by atoms with Crippen LogP contribution in [0.1, 0.15) is 284 Å². The van der Waals surface area contributed by atoms with Gasteiger partial charge in [-0.2, -0.15) is 0 Å². The largest absolute Gasteiger partial charge is 0.394 e. The molecule has 86 heavy (non-hydrogen) atoms. The zero-order valence-corrected chi connectivity index (χ0v) is 54.3. The monoisotopic (exact) mass is 1220 g/mol. The summed E-state index contributed by atoms with van der Waals surface area (Å²) in [5.74, 6) is -0.265. The molecule has 0 saturated carbocycles. The molecule has 0 spiro atoms. The Hall–Kier alpha value is -2.57. The minimum atomic E-state index is -1.80. The lowest BCUT2D eigenvalue weighted by Gasteiger charge is -2.46. The van der Waals surface area contributed by atoms with Crippen molar-refractivity contribution >= 4 is 5.91 Å². The van der Waals surface area contributed by atoms with E-state index in [1.54, 1.807) is 6.08 Å². The maximum Gasteiger partial charge on any atom is 0.220 e. The van der Waals surface area contributed by atoms with Crippen LogP contribution in [0.15, 0.2) is 72.9 Å². The number of ether oxygens (including phenoxy) is 4. The zero-order valence-electron chi connectivity index (χ0n) is 54.3. The lowest BCUT2D eigenvalue weighted by molar-refractivity contribution is -0.359. The molecule has 1 amide bonds. The Balaban J connectivity index is 1.71. The lowest BCUT2D eigenvalue weighted by Crippen LogP contribution is -2.65. The summed E-state index contributed by atoms with van der Waals surface area (Å²) in [7, 11) is 0. The number of rotatable bonds is 57. The molecule has 9 N–H and O–H groups in total. The van der Waals surface area contributed by atoms with Gasteiger partial charge in [-0.3, -0.25) is 4.79 Å². The molecule has 0 aliphatic carbocycles. The van der Waals surface area contributed by atoms with Crippen molar-refractivity contribution in [1.82, 2.24) is 5.32 Å². The molecule has 0 aromatic carbocycles. The standard InChI is InChI=1S/C72H129NO13/c1-3-5-7-9-11-13-15-17-19-21-23-25-26-27-28-29-30-31-32-33-34-36-37-39-41-43-45-47-49-51-53-55-61(76)60(59-83-71-69(82)67(80)70(63(58-75)85-71)86-72-68(81)66(79)65(78)62(57-74)84-72)73-64(77)56-54-52-50-48-46-44-42-40-38-35-24-22-20-18-16-14-12-10-8-6-4-2/h16,18,22,24,37-40,45,47,53,55,60-63,65-72,74-76,78-82H,3-15,17,19-21,23,25-36,41-44,46,48-52,54,56-59H2,1-2H3,(H,73,77)/b18-16-,24-22-,39-37+,40-38-,47-45+,55-53+. The first-order valence-electron chi connectivity index (χ1n) is 35.2. The van der Waals surface area contributed by atoms with Gasteiger partial charge in [0.2, 0.25) is 5.91 Å². The molecule has 12 unspecified atom stereocenters. The van der Waals surface area contributed by atoms with Gasteiger partial charge in [0, 0.05) is 6.42 Å². The van der Waals surface area contributed by atoms with Crippen LogP contribution in [0.5, 0.6) is 0 Å². The molecule has 12 atom stereocenters. The van der Waals surface area contributed by atoms with Crippen LogP contribution in [0, 0.1) is 0 Å². The second-order valence-corrected chi connectivity index (χ2v) is 24.6. The SMILES string of the molecule is CCCCCCC/C=C\C/C=C\C/C=C\CCCCCCCCC(=O)NC(COC1OC(CO)C(OC2OC(CO)C(O)C(O)C2O)C(O)C1O)C(O)/C=C/CC/C=C/CC/C=C/CCCCCCCCCCCCCCCCCCCCCCC. The maximum atomic E-state index is 13.3. The third-order valence-corrected chi connectivity index (χ3v) is 16.8. The molecule has 2 aliphatic heterocycles. The van der Waals surface area contributed by atoms with Crippen LogP contribution in [0.3, 0.4) is 0 Å². The van der Waals surface area contributed by atoms with E-state index in [1.807, 2.05) is 6.08 Å². The van der Waals surface area contributed by atoms with Crippen LogP contribution in [-0.4, -0.2) is 140 Å². The van der Waals surface area contributed by atoms with E-state index in [4.69, 9.17) is 18.9 Å². The topological polar surface area (TPSA) is 228 Å². The zero-order chi connectivity index (χ0) is 62.3. The summed E-state index contributed by atoms with van der Waals surface area (Å²) in [4.78, 5) is 13.3. The average molecular weight is 1220 g/mol. The second kappa shape index (κ2) is 56.4. The lowest BCUT2D eigenvalue weighted by atomic mass is 9.97. The van der Waals surface area contributed by atoms with Crippen LogP contribution in [0.4, 0.5) is 0 Å². The molecule has 500 valence electrons. The highest BCUT2D eigenvalue weighted by Crippen LogP contribution is 2.30. The van der Waals surface area contributed by atoms with Crippen molar-refractivity contribution in [2.75, 3.05) is 19.8 Å². The molecule has 2 rings (SSSR count). The van der Waals surface area contributed by atoms with Crippen molar-refractivity contribution in [3.63, 3.8) is 0 Å². The molecular formula is C72H129NO13. The quantitative estimate of drug-likeness (QED) is 0.0204. The smallest absolute Gasteiger partial charge is 0.220 e. The molecule has 2 aliphatic rings. The van der Waals surface area contributed by atoms with E-state index in [1.165, 1.54) is 173 Å². The van der Waals surface area contributed by atoms with Crippen molar-refractivity contribution in [1.29, 1.82) is 0 Å². The third-order valence-electron chi connectivity index (χ3n) is 16.8. The first kappa shape index (κ1) is 79.5. The normalized spacial score (nSPS) is 23.8. The van der Waals surface area contributed by atoms with E-state index >= 15 is 0 Å². The predicted octanol–water partition coefficient (Wildman–Crippen LogP) is 14.2.